The first-order valence-corrected chi connectivity index (χ1v) is 9.69. The number of nitrogens with zero attached hydrogens (tertiary/aromatic N) is 3. The lowest BCUT2D eigenvalue weighted by Crippen LogP contribution is -2.41. The van der Waals surface area contributed by atoms with Gasteiger partial charge in [-0.05, 0) is 19.1 Å². The van der Waals surface area contributed by atoms with Gasteiger partial charge in [0.1, 0.15) is 12.3 Å². The Balaban J connectivity index is 2.24. The van der Waals surface area contributed by atoms with Crippen LogP contribution in [0.3, 0.4) is 0 Å². The highest BCUT2D eigenvalue weighted by atomic mass is 19.4. The van der Waals surface area contributed by atoms with Crippen LogP contribution < -0.4 is 20.7 Å². The molecule has 10 nitrogen and oxygen atoms in total. The van der Waals surface area contributed by atoms with Gasteiger partial charge < -0.3 is 9.47 Å². The molecule has 0 unspecified atom stereocenters. The molecule has 15 heteroatoms. The van der Waals surface area contributed by atoms with Gasteiger partial charge in [0.05, 0.1) is 16.7 Å². The van der Waals surface area contributed by atoms with E-state index in [1.807, 2.05) is 0 Å². The van der Waals surface area contributed by atoms with Gasteiger partial charge in [-0.3, -0.25) is 24.3 Å². The molecule has 0 saturated carbocycles. The second kappa shape index (κ2) is 9.59. The van der Waals surface area contributed by atoms with E-state index in [0.717, 1.165) is 12.1 Å². The maximum absolute atomic E-state index is 14.8. The third-order valence-corrected chi connectivity index (χ3v) is 4.65. The molecule has 0 radical (unpaired) electrons. The summed E-state index contributed by atoms with van der Waals surface area (Å²) in [5.41, 5.74) is -6.91. The standard InChI is InChI=1S/C21H14F5N3O7/c1-10(30)9-35-15-5-3-4-11(22)19(15)36-16-7-13(12(23)6-14(16)29(33)34)28-18(31)8-17(21(24,25)26)27(2)20(28)32/h3-8H,9H2,1-2H3. The van der Waals surface area contributed by atoms with Crippen molar-refractivity contribution in [3.63, 3.8) is 0 Å². The SMILES string of the molecule is CC(=O)COc1cccc(F)c1Oc1cc(-n2c(=O)cc(C(F)(F)F)n(C)c2=O)c(F)cc1[N+](=O)[O-]. The van der Waals surface area contributed by atoms with Gasteiger partial charge in [0.25, 0.3) is 5.56 Å². The molecule has 36 heavy (non-hydrogen) atoms. The molecule has 0 saturated heterocycles. The molecular formula is C21H14F5N3O7. The molecule has 3 aromatic rings. The summed E-state index contributed by atoms with van der Waals surface area (Å²) in [7, 11) is 0.680. The summed E-state index contributed by atoms with van der Waals surface area (Å²) >= 11 is 0. The van der Waals surface area contributed by atoms with E-state index in [1.54, 1.807) is 0 Å². The van der Waals surface area contributed by atoms with Crippen LogP contribution in [-0.4, -0.2) is 26.4 Å². The second-order valence-electron chi connectivity index (χ2n) is 7.23. The van der Waals surface area contributed by atoms with Gasteiger partial charge in [-0.1, -0.05) is 6.07 Å². The van der Waals surface area contributed by atoms with Gasteiger partial charge in [0.2, 0.25) is 11.5 Å². The summed E-state index contributed by atoms with van der Waals surface area (Å²) in [5.74, 6) is -5.12. The zero-order valence-corrected chi connectivity index (χ0v) is 18.3. The Morgan fingerprint density at radius 1 is 1.08 bits per heavy atom. The smallest absolute Gasteiger partial charge is 0.431 e. The molecule has 0 fully saturated rings. The maximum Gasteiger partial charge on any atom is 0.431 e. The van der Waals surface area contributed by atoms with Crippen LogP contribution >= 0.6 is 0 Å². The van der Waals surface area contributed by atoms with Crippen molar-refractivity contribution in [2.24, 2.45) is 7.05 Å². The van der Waals surface area contributed by atoms with Gasteiger partial charge in [-0.15, -0.1) is 0 Å². The van der Waals surface area contributed by atoms with Crippen molar-refractivity contribution in [2.75, 3.05) is 6.61 Å². The van der Waals surface area contributed by atoms with E-state index in [1.165, 1.54) is 13.0 Å². The summed E-state index contributed by atoms with van der Waals surface area (Å²) in [5, 5.41) is 11.5. The number of alkyl halides is 3. The van der Waals surface area contributed by atoms with Crippen molar-refractivity contribution in [1.29, 1.82) is 0 Å². The molecule has 0 aliphatic heterocycles. The molecule has 0 aliphatic carbocycles. The number of nitro benzene ring substituents is 1. The van der Waals surface area contributed by atoms with Gasteiger partial charge in [-0.2, -0.15) is 13.2 Å². The number of ketones is 1. The lowest BCUT2D eigenvalue weighted by Gasteiger charge is -2.16. The number of Topliss-reactive ketones (excluding diaryl/α,β-unsaturated/α-hetero) is 1. The summed E-state index contributed by atoms with van der Waals surface area (Å²) < 4.78 is 79.0. The lowest BCUT2D eigenvalue weighted by atomic mass is 10.2. The van der Waals surface area contributed by atoms with Gasteiger partial charge in [0.15, 0.2) is 23.2 Å². The Kier molecular flexibility index (Phi) is 6.94. The molecule has 1 heterocycles. The average molecular weight is 515 g/mol. The largest absolute Gasteiger partial charge is 0.482 e. The van der Waals surface area contributed by atoms with Gasteiger partial charge in [0, 0.05) is 19.2 Å². The van der Waals surface area contributed by atoms with Crippen molar-refractivity contribution in [2.45, 2.75) is 13.1 Å². The van der Waals surface area contributed by atoms with Crippen molar-refractivity contribution >= 4 is 11.5 Å². The number of para-hydroxylation sites is 1. The number of hydrogen-bond acceptors (Lipinski definition) is 7. The molecule has 2 aromatic carbocycles. The number of benzene rings is 2. The van der Waals surface area contributed by atoms with E-state index in [4.69, 9.17) is 9.47 Å². The average Bonchev–Trinajstić information content (AvgIpc) is 2.77. The predicted molar refractivity (Wildman–Crippen MR) is 112 cm³/mol. The molecule has 3 rings (SSSR count). The fourth-order valence-corrected chi connectivity index (χ4v) is 3.04. The van der Waals surface area contributed by atoms with Crippen LogP contribution in [-0.2, 0) is 18.0 Å². The highest BCUT2D eigenvalue weighted by molar-refractivity contribution is 5.77. The van der Waals surface area contributed by atoms with E-state index in [0.29, 0.717) is 13.1 Å². The lowest BCUT2D eigenvalue weighted by molar-refractivity contribution is -0.385. The van der Waals surface area contributed by atoms with Crippen molar-refractivity contribution in [3.05, 3.63) is 84.7 Å². The Morgan fingerprint density at radius 3 is 2.33 bits per heavy atom. The summed E-state index contributed by atoms with van der Waals surface area (Å²) in [6, 6.07) is 3.97. The molecule has 0 spiro atoms. The second-order valence-corrected chi connectivity index (χ2v) is 7.23. The maximum atomic E-state index is 14.8. The normalized spacial score (nSPS) is 11.3. The van der Waals surface area contributed by atoms with Crippen LogP contribution in [0.4, 0.5) is 27.6 Å². The monoisotopic (exact) mass is 515 g/mol. The number of carbonyl (C=O) groups is 1. The zero-order chi connectivity index (χ0) is 26.9. The number of halogens is 5. The van der Waals surface area contributed by atoms with Crippen LogP contribution in [0, 0.1) is 21.7 Å². The van der Waals surface area contributed by atoms with Crippen molar-refractivity contribution in [1.82, 2.24) is 9.13 Å². The first-order valence-electron chi connectivity index (χ1n) is 9.69. The fourth-order valence-electron chi connectivity index (χ4n) is 3.04. The Bertz CT molecular complexity index is 1490. The Hall–Kier alpha value is -4.56. The molecule has 1 aromatic heterocycles. The minimum atomic E-state index is -5.09. The molecule has 0 bridgehead atoms. The molecule has 0 atom stereocenters. The van der Waals surface area contributed by atoms with Crippen molar-refractivity contribution in [3.8, 4) is 22.9 Å². The molecular weight excluding hydrogens is 501 g/mol. The van der Waals surface area contributed by atoms with Crippen LogP contribution in [0.5, 0.6) is 17.2 Å². The van der Waals surface area contributed by atoms with Gasteiger partial charge in [-0.25, -0.2) is 18.1 Å². The predicted octanol–water partition coefficient (Wildman–Crippen LogP) is 3.50. The number of ether oxygens (including phenoxy) is 2. The molecule has 190 valence electrons. The van der Waals surface area contributed by atoms with Crippen LogP contribution in [0.1, 0.15) is 12.6 Å². The van der Waals surface area contributed by atoms with Crippen molar-refractivity contribution < 1.29 is 41.1 Å². The van der Waals surface area contributed by atoms with E-state index in [9.17, 15) is 46.5 Å². The van der Waals surface area contributed by atoms with E-state index < -0.39 is 74.9 Å². The van der Waals surface area contributed by atoms with Crippen LogP contribution in [0.2, 0.25) is 0 Å². The highest BCUT2D eigenvalue weighted by Crippen LogP contribution is 2.39. The molecule has 0 N–H and O–H groups in total. The first kappa shape index (κ1) is 26.1. The number of carbonyl (C=O) groups excluding carboxylic acids is 1. The summed E-state index contributed by atoms with van der Waals surface area (Å²) in [6.45, 7) is 0.646. The number of hydrogen-bond donors (Lipinski definition) is 0. The molecule has 0 amide bonds. The third-order valence-electron chi connectivity index (χ3n) is 4.65. The van der Waals surface area contributed by atoms with Crippen LogP contribution in [0.25, 0.3) is 5.69 Å². The van der Waals surface area contributed by atoms with E-state index >= 15 is 0 Å². The minimum absolute atomic E-state index is 0.00429. The Morgan fingerprint density at radius 2 is 1.75 bits per heavy atom. The summed E-state index contributed by atoms with van der Waals surface area (Å²) in [6.07, 6.45) is -5.09. The zero-order valence-electron chi connectivity index (χ0n) is 18.3. The van der Waals surface area contributed by atoms with E-state index in [2.05, 4.69) is 0 Å². The topological polar surface area (TPSA) is 123 Å². The number of nitro groups is 1. The molecule has 0 aliphatic rings. The number of rotatable bonds is 7. The Labute approximate surface area is 196 Å². The fraction of sp³-hybridized carbons (Fsp3) is 0.190. The van der Waals surface area contributed by atoms with E-state index in [-0.39, 0.29) is 27.0 Å². The third kappa shape index (κ3) is 5.08. The quantitative estimate of drug-likeness (QED) is 0.268. The number of aromatic nitrogens is 2. The van der Waals surface area contributed by atoms with Gasteiger partial charge >= 0.3 is 17.6 Å². The minimum Gasteiger partial charge on any atom is -0.482 e. The summed E-state index contributed by atoms with van der Waals surface area (Å²) in [4.78, 5) is 46.4. The van der Waals surface area contributed by atoms with Crippen LogP contribution in [0.15, 0.2) is 46.0 Å². The highest BCUT2D eigenvalue weighted by Gasteiger charge is 2.35. The first-order chi connectivity index (χ1) is 16.7.